The molecule has 0 bridgehead atoms. The van der Waals surface area contributed by atoms with E-state index in [9.17, 15) is 9.90 Å². The highest BCUT2D eigenvalue weighted by Crippen LogP contribution is 2.28. The van der Waals surface area contributed by atoms with Crippen LogP contribution in [0.4, 0.5) is 10.5 Å². The van der Waals surface area contributed by atoms with Crippen LogP contribution in [-0.4, -0.2) is 34.2 Å². The smallest absolute Gasteiger partial charge is 0.410 e. The van der Waals surface area contributed by atoms with Crippen LogP contribution in [0.5, 0.6) is 5.75 Å². The van der Waals surface area contributed by atoms with Crippen LogP contribution in [0.3, 0.4) is 0 Å². The molecule has 7 heteroatoms. The number of aromatic nitrogens is 1. The lowest BCUT2D eigenvalue weighted by Crippen LogP contribution is -2.38. The minimum absolute atomic E-state index is 0.153. The molecular formula is C26H30N4O3. The third kappa shape index (κ3) is 6.11. The number of carbonyl (C=O) groups is 1. The average molecular weight is 447 g/mol. The van der Waals surface area contributed by atoms with Gasteiger partial charge >= 0.3 is 6.09 Å². The van der Waals surface area contributed by atoms with Gasteiger partial charge in [0.25, 0.3) is 0 Å². The molecule has 0 saturated carbocycles. The Morgan fingerprint density at radius 2 is 1.85 bits per heavy atom. The quantitative estimate of drug-likeness (QED) is 0.396. The van der Waals surface area contributed by atoms with Gasteiger partial charge in [0.05, 0.1) is 11.7 Å². The summed E-state index contributed by atoms with van der Waals surface area (Å²) >= 11 is 0. The number of benzene rings is 2. The van der Waals surface area contributed by atoms with E-state index in [2.05, 4.69) is 16.9 Å². The van der Waals surface area contributed by atoms with Crippen molar-refractivity contribution < 1.29 is 14.6 Å². The maximum atomic E-state index is 12.9. The summed E-state index contributed by atoms with van der Waals surface area (Å²) in [4.78, 5) is 18.6. The monoisotopic (exact) mass is 446 g/mol. The number of anilines is 1. The number of nitrogens with zero attached hydrogens (tertiary/aromatic N) is 2. The number of amides is 1. The van der Waals surface area contributed by atoms with E-state index in [1.807, 2.05) is 56.3 Å². The number of hydrogen-bond acceptors (Lipinski definition) is 6. The Morgan fingerprint density at radius 3 is 2.48 bits per heavy atom. The van der Waals surface area contributed by atoms with E-state index in [-0.39, 0.29) is 11.8 Å². The highest BCUT2D eigenvalue weighted by atomic mass is 16.6. The van der Waals surface area contributed by atoms with Crippen LogP contribution in [0.1, 0.15) is 42.7 Å². The Hall–Kier alpha value is -3.84. The SMILES string of the molecule is C=C(Nc1ccccc1O)c1ccc([C@@H](C)N(CCN)C(=O)O[C@@H](C)c2cccnc2)cc1. The van der Waals surface area contributed by atoms with Gasteiger partial charge in [-0.25, -0.2) is 4.79 Å². The van der Waals surface area contributed by atoms with Crippen LogP contribution in [0.25, 0.3) is 5.70 Å². The van der Waals surface area contributed by atoms with Crippen molar-refractivity contribution in [3.05, 3.63) is 96.3 Å². The number of phenolic OH excluding ortho intramolecular Hbond substituents is 1. The number of carbonyl (C=O) groups excluding carboxylic acids is 1. The summed E-state index contributed by atoms with van der Waals surface area (Å²) in [6.45, 7) is 8.50. The highest BCUT2D eigenvalue weighted by Gasteiger charge is 2.24. The zero-order valence-corrected chi connectivity index (χ0v) is 18.9. The molecule has 0 saturated heterocycles. The Balaban J connectivity index is 1.69. The second-order valence-electron chi connectivity index (χ2n) is 7.71. The molecule has 2 aromatic carbocycles. The first kappa shape index (κ1) is 23.8. The molecule has 0 unspecified atom stereocenters. The van der Waals surface area contributed by atoms with Gasteiger partial charge in [0.15, 0.2) is 0 Å². The van der Waals surface area contributed by atoms with Crippen LogP contribution in [0.2, 0.25) is 0 Å². The second kappa shape index (κ2) is 11.2. The van der Waals surface area contributed by atoms with Gasteiger partial charge in [-0.15, -0.1) is 0 Å². The number of rotatable bonds is 9. The summed E-state index contributed by atoms with van der Waals surface area (Å²) in [6.07, 6.45) is 2.50. The van der Waals surface area contributed by atoms with Crippen LogP contribution in [0.15, 0.2) is 79.6 Å². The number of aromatic hydroxyl groups is 1. The van der Waals surface area contributed by atoms with Gasteiger partial charge in [0.2, 0.25) is 0 Å². The molecule has 172 valence electrons. The first-order valence-corrected chi connectivity index (χ1v) is 10.8. The minimum Gasteiger partial charge on any atom is -0.506 e. The minimum atomic E-state index is -0.431. The van der Waals surface area contributed by atoms with Gasteiger partial charge in [-0.1, -0.05) is 49.0 Å². The number of phenols is 1. The molecule has 3 aromatic rings. The van der Waals surface area contributed by atoms with Crippen molar-refractivity contribution in [2.45, 2.75) is 26.0 Å². The number of para-hydroxylation sites is 2. The Kier molecular flexibility index (Phi) is 8.05. The van der Waals surface area contributed by atoms with Gasteiger partial charge in [-0.2, -0.15) is 0 Å². The van der Waals surface area contributed by atoms with E-state index in [0.717, 1.165) is 16.7 Å². The lowest BCUT2D eigenvalue weighted by Gasteiger charge is -2.30. The van der Waals surface area contributed by atoms with Gasteiger partial charge in [-0.3, -0.25) is 4.98 Å². The average Bonchev–Trinajstić information content (AvgIpc) is 2.84. The maximum absolute atomic E-state index is 12.9. The molecule has 3 rings (SSSR count). The van der Waals surface area contributed by atoms with E-state index in [1.165, 1.54) is 0 Å². The van der Waals surface area contributed by atoms with E-state index >= 15 is 0 Å². The summed E-state index contributed by atoms with van der Waals surface area (Å²) < 4.78 is 5.68. The van der Waals surface area contributed by atoms with Crippen LogP contribution in [-0.2, 0) is 4.74 Å². The Bertz CT molecular complexity index is 1070. The fourth-order valence-corrected chi connectivity index (χ4v) is 3.44. The molecule has 1 amide bonds. The standard InChI is InChI=1S/C26H30N4O3/c1-18(29-24-8-4-5-9-25(24)31)21-10-12-22(13-11-21)19(2)30(16-14-27)26(32)33-20(3)23-7-6-15-28-17-23/h4-13,15,17,19-20,29,31H,1,14,16,27H2,2-3H3/t19-,20+/m1/s1. The fraction of sp³-hybridized carbons (Fsp3) is 0.231. The van der Waals surface area contributed by atoms with Crippen molar-refractivity contribution in [1.29, 1.82) is 0 Å². The van der Waals surface area contributed by atoms with Crippen LogP contribution >= 0.6 is 0 Å². The molecule has 1 aromatic heterocycles. The third-order valence-corrected chi connectivity index (χ3v) is 5.43. The molecule has 33 heavy (non-hydrogen) atoms. The van der Waals surface area contributed by atoms with E-state index in [0.29, 0.717) is 24.5 Å². The molecule has 0 spiro atoms. The van der Waals surface area contributed by atoms with E-state index in [4.69, 9.17) is 10.5 Å². The first-order valence-electron chi connectivity index (χ1n) is 10.8. The topological polar surface area (TPSA) is 101 Å². The lowest BCUT2D eigenvalue weighted by molar-refractivity contribution is 0.0595. The number of nitrogens with one attached hydrogen (secondary N) is 1. The Labute approximate surface area is 194 Å². The number of hydrogen-bond donors (Lipinski definition) is 3. The molecule has 4 N–H and O–H groups in total. The lowest BCUT2D eigenvalue weighted by atomic mass is 10.0. The van der Waals surface area contributed by atoms with Crippen molar-refractivity contribution in [1.82, 2.24) is 9.88 Å². The van der Waals surface area contributed by atoms with Crippen molar-refractivity contribution >= 4 is 17.5 Å². The molecule has 7 nitrogen and oxygen atoms in total. The third-order valence-electron chi connectivity index (χ3n) is 5.43. The van der Waals surface area contributed by atoms with Gasteiger partial charge in [-0.05, 0) is 43.2 Å². The normalized spacial score (nSPS) is 12.5. The van der Waals surface area contributed by atoms with Gasteiger partial charge in [0.1, 0.15) is 11.9 Å². The molecule has 0 radical (unpaired) electrons. The summed E-state index contributed by atoms with van der Waals surface area (Å²) in [6, 6.07) is 18.2. The number of ether oxygens (including phenoxy) is 1. The van der Waals surface area contributed by atoms with Crippen LogP contribution < -0.4 is 11.1 Å². The first-order chi connectivity index (χ1) is 15.9. The second-order valence-corrected chi connectivity index (χ2v) is 7.71. The fourth-order valence-electron chi connectivity index (χ4n) is 3.44. The van der Waals surface area contributed by atoms with Crippen molar-refractivity contribution in [3.63, 3.8) is 0 Å². The predicted molar refractivity (Wildman–Crippen MR) is 131 cm³/mol. The van der Waals surface area contributed by atoms with Gasteiger partial charge in [0, 0.05) is 36.7 Å². The summed E-state index contributed by atoms with van der Waals surface area (Å²) in [7, 11) is 0. The van der Waals surface area contributed by atoms with Crippen molar-refractivity contribution in [2.75, 3.05) is 18.4 Å². The Morgan fingerprint density at radius 1 is 1.12 bits per heavy atom. The zero-order valence-electron chi connectivity index (χ0n) is 18.9. The molecule has 0 fully saturated rings. The summed E-state index contributed by atoms with van der Waals surface area (Å²) in [5.41, 5.74) is 9.64. The molecule has 0 aliphatic heterocycles. The predicted octanol–water partition coefficient (Wildman–Crippen LogP) is 5.09. The molecule has 0 aliphatic rings. The summed E-state index contributed by atoms with van der Waals surface area (Å²) in [5.74, 6) is 0.153. The zero-order chi connectivity index (χ0) is 23.8. The summed E-state index contributed by atoms with van der Waals surface area (Å²) in [5, 5.41) is 13.1. The molecule has 2 atom stereocenters. The maximum Gasteiger partial charge on any atom is 0.410 e. The van der Waals surface area contributed by atoms with E-state index < -0.39 is 12.2 Å². The van der Waals surface area contributed by atoms with E-state index in [1.54, 1.807) is 35.5 Å². The van der Waals surface area contributed by atoms with Gasteiger partial charge < -0.3 is 25.8 Å². The van der Waals surface area contributed by atoms with Crippen molar-refractivity contribution in [2.24, 2.45) is 5.73 Å². The molecular weight excluding hydrogens is 416 g/mol. The van der Waals surface area contributed by atoms with Crippen molar-refractivity contribution in [3.8, 4) is 5.75 Å². The number of nitrogens with two attached hydrogens (primary N) is 1. The largest absolute Gasteiger partial charge is 0.506 e. The number of pyridine rings is 1. The van der Waals surface area contributed by atoms with Crippen LogP contribution in [0, 0.1) is 0 Å². The molecule has 0 aliphatic carbocycles. The molecule has 1 heterocycles. The highest BCUT2D eigenvalue weighted by molar-refractivity contribution is 5.77.